The van der Waals surface area contributed by atoms with Crippen molar-refractivity contribution >= 4 is 28.4 Å². The highest BCUT2D eigenvalue weighted by Crippen LogP contribution is 2.30. The van der Waals surface area contributed by atoms with E-state index in [1.54, 1.807) is 0 Å². The second-order valence-electron chi connectivity index (χ2n) is 4.83. The lowest BCUT2D eigenvalue weighted by molar-refractivity contribution is -0.129. The molecule has 2 rings (SSSR count). The molecule has 2 heterocycles. The number of carbonyl (C=O) groups is 3. The fourth-order valence-electron chi connectivity index (χ4n) is 2.39. The number of carbonyl (C=O) groups excluding carboxylic acids is 2. The first-order chi connectivity index (χ1) is 10.1. The molecule has 12 nitrogen and oxygen atoms in total. The highest BCUT2D eigenvalue weighted by atomic mass is 32.3. The molecular weight excluding hydrogens is 324 g/mol. The lowest BCUT2D eigenvalue weighted by Crippen LogP contribution is -2.54. The molecule has 13 heteroatoms. The predicted octanol–water partition coefficient (Wildman–Crippen LogP) is -1.37. The van der Waals surface area contributed by atoms with Gasteiger partial charge in [-0.25, -0.2) is 14.6 Å². The molecule has 2 atom stereocenters. The van der Waals surface area contributed by atoms with E-state index in [-0.39, 0.29) is 19.4 Å². The first kappa shape index (κ1) is 16.3. The standard InChI is InChI=1S/C9H14N4O8S/c1-11(9(16)17)10-7(14)6-3-2-5-4-12(6)8(15)13(5)21-22(18,19)20/h5-6H,2-4H2,1H3,(H,10,14)(H,16,17)(H,18,19,20)/t5?,6-/m0/s1. The molecule has 3 N–H and O–H groups in total. The minimum atomic E-state index is -4.86. The van der Waals surface area contributed by atoms with Crippen LogP contribution in [0.25, 0.3) is 0 Å². The van der Waals surface area contributed by atoms with Crippen LogP contribution in [-0.2, 0) is 19.5 Å². The number of amides is 4. The van der Waals surface area contributed by atoms with Crippen molar-refractivity contribution in [2.24, 2.45) is 0 Å². The monoisotopic (exact) mass is 338 g/mol. The third kappa shape index (κ3) is 3.20. The average molecular weight is 338 g/mol. The number of nitrogens with one attached hydrogen (secondary N) is 1. The summed E-state index contributed by atoms with van der Waals surface area (Å²) in [7, 11) is -3.74. The Kier molecular flexibility index (Phi) is 4.12. The van der Waals surface area contributed by atoms with Gasteiger partial charge in [-0.3, -0.25) is 14.8 Å². The summed E-state index contributed by atoms with van der Waals surface area (Å²) >= 11 is 0. The van der Waals surface area contributed by atoms with E-state index < -0.39 is 40.5 Å². The molecule has 0 aliphatic carbocycles. The van der Waals surface area contributed by atoms with Crippen LogP contribution < -0.4 is 5.43 Å². The zero-order valence-electron chi connectivity index (χ0n) is 11.4. The first-order valence-electron chi connectivity index (χ1n) is 6.14. The highest BCUT2D eigenvalue weighted by molar-refractivity contribution is 7.80. The summed E-state index contributed by atoms with van der Waals surface area (Å²) in [6, 6.07) is -2.46. The van der Waals surface area contributed by atoms with Crippen LogP contribution in [0, 0.1) is 0 Å². The highest BCUT2D eigenvalue weighted by Gasteiger charge is 2.49. The van der Waals surface area contributed by atoms with E-state index in [2.05, 4.69) is 9.71 Å². The van der Waals surface area contributed by atoms with Crippen molar-refractivity contribution in [3.05, 3.63) is 0 Å². The third-order valence-electron chi connectivity index (χ3n) is 3.36. The van der Waals surface area contributed by atoms with Crippen LogP contribution in [-0.4, -0.2) is 76.8 Å². The molecule has 0 aromatic rings. The number of urea groups is 1. The Morgan fingerprint density at radius 2 is 2.05 bits per heavy atom. The molecule has 2 aliphatic heterocycles. The van der Waals surface area contributed by atoms with Crippen molar-refractivity contribution in [1.82, 2.24) is 20.4 Å². The van der Waals surface area contributed by atoms with Gasteiger partial charge in [0.2, 0.25) is 0 Å². The van der Waals surface area contributed by atoms with Crippen LogP contribution in [0.2, 0.25) is 0 Å². The van der Waals surface area contributed by atoms with Crippen molar-refractivity contribution in [2.45, 2.75) is 24.9 Å². The molecule has 124 valence electrons. The van der Waals surface area contributed by atoms with Gasteiger partial charge in [0.25, 0.3) is 5.91 Å². The Bertz CT molecular complexity index is 607. The molecule has 4 amide bonds. The van der Waals surface area contributed by atoms with E-state index in [1.165, 1.54) is 0 Å². The second-order valence-corrected chi connectivity index (χ2v) is 5.83. The van der Waals surface area contributed by atoms with Crippen LogP contribution in [0.3, 0.4) is 0 Å². The summed E-state index contributed by atoms with van der Waals surface area (Å²) in [5.74, 6) is -0.717. The fraction of sp³-hybridized carbons (Fsp3) is 0.667. The summed E-state index contributed by atoms with van der Waals surface area (Å²) < 4.78 is 34.3. The maximum Gasteiger partial charge on any atom is 0.425 e. The number of fused-ring (bicyclic) bond motifs is 2. The molecule has 22 heavy (non-hydrogen) atoms. The normalized spacial score (nSPS) is 24.4. The lowest BCUT2D eigenvalue weighted by Gasteiger charge is -2.30. The van der Waals surface area contributed by atoms with Crippen LogP contribution in [0.5, 0.6) is 0 Å². The summed E-state index contributed by atoms with van der Waals surface area (Å²) in [6.45, 7) is 0.0310. The Hall–Kier alpha value is -2.12. The Morgan fingerprint density at radius 3 is 2.59 bits per heavy atom. The number of carboxylic acid groups (broad SMARTS) is 1. The topological polar surface area (TPSA) is 157 Å². The lowest BCUT2D eigenvalue weighted by atomic mass is 10.0. The van der Waals surface area contributed by atoms with Crippen LogP contribution in [0.1, 0.15) is 12.8 Å². The van der Waals surface area contributed by atoms with Crippen molar-refractivity contribution in [3.8, 4) is 0 Å². The average Bonchev–Trinajstić information content (AvgIpc) is 2.62. The second kappa shape index (κ2) is 5.58. The Morgan fingerprint density at radius 1 is 1.41 bits per heavy atom. The number of hydrazine groups is 1. The van der Waals surface area contributed by atoms with Gasteiger partial charge in [-0.15, -0.1) is 4.28 Å². The maximum absolute atomic E-state index is 12.0. The third-order valence-corrected chi connectivity index (χ3v) is 3.71. The van der Waals surface area contributed by atoms with Gasteiger partial charge in [0.15, 0.2) is 0 Å². The van der Waals surface area contributed by atoms with E-state index in [0.29, 0.717) is 10.1 Å². The minimum absolute atomic E-state index is 0.0310. The van der Waals surface area contributed by atoms with Crippen molar-refractivity contribution in [3.63, 3.8) is 0 Å². The Balaban J connectivity index is 2.09. The molecule has 0 spiro atoms. The molecule has 0 radical (unpaired) electrons. The van der Waals surface area contributed by atoms with Gasteiger partial charge in [0.1, 0.15) is 6.04 Å². The van der Waals surface area contributed by atoms with E-state index in [1.807, 2.05) is 0 Å². The summed E-state index contributed by atoms with van der Waals surface area (Å²) in [6.07, 6.45) is -0.931. The molecule has 0 aromatic heterocycles. The van der Waals surface area contributed by atoms with Gasteiger partial charge >= 0.3 is 22.5 Å². The Labute approximate surface area is 125 Å². The van der Waals surface area contributed by atoms with Gasteiger partial charge in [0.05, 0.1) is 6.04 Å². The van der Waals surface area contributed by atoms with Crippen molar-refractivity contribution in [1.29, 1.82) is 0 Å². The molecule has 0 saturated carbocycles. The van der Waals surface area contributed by atoms with E-state index >= 15 is 0 Å². The van der Waals surface area contributed by atoms with E-state index in [9.17, 15) is 22.8 Å². The summed E-state index contributed by atoms with van der Waals surface area (Å²) in [4.78, 5) is 35.8. The van der Waals surface area contributed by atoms with Gasteiger partial charge in [-0.1, -0.05) is 0 Å². The number of hydrogen-bond acceptors (Lipinski definition) is 6. The van der Waals surface area contributed by atoms with Crippen LogP contribution in [0.15, 0.2) is 0 Å². The van der Waals surface area contributed by atoms with Gasteiger partial charge in [-0.2, -0.15) is 13.5 Å². The number of hydrogen-bond donors (Lipinski definition) is 3. The molecule has 0 aromatic carbocycles. The van der Waals surface area contributed by atoms with Crippen LogP contribution >= 0.6 is 0 Å². The SMILES string of the molecule is CN(NC(=O)[C@@H]1CCC2CN1C(=O)N2OS(=O)(=O)O)C(=O)O. The maximum atomic E-state index is 12.0. The molecule has 2 saturated heterocycles. The molecular formula is C9H14N4O8S. The zero-order valence-corrected chi connectivity index (χ0v) is 12.2. The van der Waals surface area contributed by atoms with Gasteiger partial charge in [0, 0.05) is 13.6 Å². The quantitative estimate of drug-likeness (QED) is 0.420. The molecule has 2 bridgehead atoms. The first-order valence-corrected chi connectivity index (χ1v) is 7.50. The van der Waals surface area contributed by atoms with Gasteiger partial charge < -0.3 is 10.0 Å². The van der Waals surface area contributed by atoms with Gasteiger partial charge in [-0.05, 0) is 12.8 Å². The zero-order chi connectivity index (χ0) is 16.7. The minimum Gasteiger partial charge on any atom is -0.464 e. The fourth-order valence-corrected chi connectivity index (χ4v) is 2.78. The summed E-state index contributed by atoms with van der Waals surface area (Å²) in [5.41, 5.74) is 2.09. The smallest absolute Gasteiger partial charge is 0.425 e. The predicted molar refractivity (Wildman–Crippen MR) is 67.3 cm³/mol. The van der Waals surface area contributed by atoms with Crippen LogP contribution in [0.4, 0.5) is 9.59 Å². The van der Waals surface area contributed by atoms with Crippen molar-refractivity contribution in [2.75, 3.05) is 13.6 Å². The van der Waals surface area contributed by atoms with E-state index in [0.717, 1.165) is 11.9 Å². The van der Waals surface area contributed by atoms with Crippen molar-refractivity contribution < 1.29 is 36.7 Å². The molecule has 1 unspecified atom stereocenters. The number of nitrogens with zero attached hydrogens (tertiary/aromatic N) is 3. The summed E-state index contributed by atoms with van der Waals surface area (Å²) in [5, 5.41) is 9.74. The molecule has 2 fully saturated rings. The largest absolute Gasteiger partial charge is 0.464 e. The number of rotatable bonds is 3. The number of hydroxylamine groups is 2. The van der Waals surface area contributed by atoms with E-state index in [4.69, 9.17) is 9.66 Å². The number of piperidine rings is 1. The molecule has 2 aliphatic rings.